The summed E-state index contributed by atoms with van der Waals surface area (Å²) < 4.78 is 17.9. The molecule has 5 rings (SSSR count). The summed E-state index contributed by atoms with van der Waals surface area (Å²) in [6.07, 6.45) is -0.0405. The van der Waals surface area contributed by atoms with Crippen LogP contribution in [0.3, 0.4) is 0 Å². The lowest BCUT2D eigenvalue weighted by Crippen LogP contribution is -2.51. The van der Waals surface area contributed by atoms with E-state index in [0.29, 0.717) is 39.4 Å². The Labute approximate surface area is 234 Å². The van der Waals surface area contributed by atoms with Crippen LogP contribution >= 0.6 is 0 Å². The fourth-order valence-corrected chi connectivity index (χ4v) is 5.13. The maximum absolute atomic E-state index is 11.6. The Kier molecular flexibility index (Phi) is 9.16. The molecule has 7 nitrogen and oxygen atoms in total. The fraction of sp³-hybridized carbons (Fsp3) is 0.303. The van der Waals surface area contributed by atoms with Crippen molar-refractivity contribution in [1.82, 2.24) is 4.90 Å². The van der Waals surface area contributed by atoms with Crippen molar-refractivity contribution in [2.75, 3.05) is 26.3 Å². The summed E-state index contributed by atoms with van der Waals surface area (Å²) in [5, 5.41) is 23.3. The first-order valence-electron chi connectivity index (χ1n) is 13.7. The van der Waals surface area contributed by atoms with Crippen LogP contribution in [0.5, 0.6) is 11.5 Å². The average Bonchev–Trinajstić information content (AvgIpc) is 2.98. The highest BCUT2D eigenvalue weighted by Gasteiger charge is 2.31. The van der Waals surface area contributed by atoms with Gasteiger partial charge in [-0.05, 0) is 64.2 Å². The molecule has 1 N–H and O–H groups in total. The molecule has 1 heterocycles. The van der Waals surface area contributed by atoms with Crippen LogP contribution in [-0.4, -0.2) is 48.5 Å². The third kappa shape index (κ3) is 7.31. The molecular formula is C33H34NO6-. The third-order valence-corrected chi connectivity index (χ3v) is 7.29. The quantitative estimate of drug-likeness (QED) is 0.261. The van der Waals surface area contributed by atoms with Crippen molar-refractivity contribution < 1.29 is 29.2 Å². The van der Waals surface area contributed by atoms with Gasteiger partial charge in [0.15, 0.2) is 0 Å². The minimum atomic E-state index is -1.17. The van der Waals surface area contributed by atoms with Crippen LogP contribution in [0.1, 0.15) is 35.4 Å². The van der Waals surface area contributed by atoms with Crippen molar-refractivity contribution in [3.63, 3.8) is 0 Å². The van der Waals surface area contributed by atoms with Crippen molar-refractivity contribution in [2.24, 2.45) is 0 Å². The molecule has 1 saturated heterocycles. The number of ether oxygens (including phenoxy) is 3. The number of aromatic hydroxyl groups is 1. The zero-order valence-electron chi connectivity index (χ0n) is 22.4. The molecule has 0 aliphatic carbocycles. The van der Waals surface area contributed by atoms with Crippen LogP contribution in [0.2, 0.25) is 0 Å². The van der Waals surface area contributed by atoms with Crippen LogP contribution in [0, 0.1) is 0 Å². The van der Waals surface area contributed by atoms with Crippen LogP contribution < -0.4 is 9.84 Å². The molecule has 1 amide bonds. The van der Waals surface area contributed by atoms with Crippen LogP contribution in [-0.2, 0) is 22.7 Å². The van der Waals surface area contributed by atoms with Crippen LogP contribution in [0.25, 0.3) is 10.8 Å². The number of phenols is 1. The van der Waals surface area contributed by atoms with Gasteiger partial charge < -0.3 is 34.1 Å². The summed E-state index contributed by atoms with van der Waals surface area (Å²) in [5.41, 5.74) is 3.24. The third-order valence-electron chi connectivity index (χ3n) is 7.29. The van der Waals surface area contributed by atoms with E-state index >= 15 is 0 Å². The predicted molar refractivity (Wildman–Crippen MR) is 151 cm³/mol. The molecule has 208 valence electrons. The van der Waals surface area contributed by atoms with Gasteiger partial charge in [0, 0.05) is 25.4 Å². The first-order chi connectivity index (χ1) is 19.5. The number of carbonyl (C=O) groups is 1. The second-order valence-electron chi connectivity index (χ2n) is 10.1. The summed E-state index contributed by atoms with van der Waals surface area (Å²) in [6.45, 7) is 2.81. The maximum atomic E-state index is 11.6. The molecule has 0 bridgehead atoms. The topological polar surface area (TPSA) is 91.3 Å². The van der Waals surface area contributed by atoms with Gasteiger partial charge in [-0.2, -0.15) is 0 Å². The van der Waals surface area contributed by atoms with E-state index in [-0.39, 0.29) is 24.3 Å². The van der Waals surface area contributed by atoms with Crippen LogP contribution in [0.15, 0.2) is 91.0 Å². The second kappa shape index (κ2) is 13.3. The molecule has 1 aliphatic heterocycles. The number of piperidine rings is 1. The number of carboxylic acid groups (broad SMARTS) is 1. The number of fused-ring (bicyclic) bond motifs is 1. The lowest BCUT2D eigenvalue weighted by Gasteiger charge is -2.40. The van der Waals surface area contributed by atoms with Crippen molar-refractivity contribution in [3.8, 4) is 11.5 Å². The Hall–Kier alpha value is -4.07. The number of carbonyl (C=O) groups excluding carboxylic acids is 1. The van der Waals surface area contributed by atoms with Gasteiger partial charge in [0.25, 0.3) is 0 Å². The highest BCUT2D eigenvalue weighted by molar-refractivity contribution is 5.84. The Morgan fingerprint density at radius 2 is 1.65 bits per heavy atom. The largest absolute Gasteiger partial charge is 0.530 e. The minimum Gasteiger partial charge on any atom is -0.530 e. The normalized spacial score (nSPS) is 17.1. The van der Waals surface area contributed by atoms with E-state index in [9.17, 15) is 15.0 Å². The smallest absolute Gasteiger partial charge is 0.137 e. The molecule has 2 unspecified atom stereocenters. The number of nitrogens with zero attached hydrogens (tertiary/aromatic N) is 1. The van der Waals surface area contributed by atoms with E-state index in [1.165, 1.54) is 4.90 Å². The molecular weight excluding hydrogens is 506 g/mol. The Bertz CT molecular complexity index is 1390. The molecule has 4 aromatic carbocycles. The van der Waals surface area contributed by atoms with Crippen LogP contribution in [0.4, 0.5) is 4.79 Å². The Morgan fingerprint density at radius 1 is 0.875 bits per heavy atom. The Balaban J connectivity index is 1.15. The number of hydrogen-bond donors (Lipinski definition) is 1. The number of likely N-dealkylation sites (tertiary alicyclic amines) is 1. The number of amides is 1. The Morgan fingerprint density at radius 3 is 2.45 bits per heavy atom. The first-order valence-corrected chi connectivity index (χ1v) is 13.7. The van der Waals surface area contributed by atoms with E-state index in [2.05, 4.69) is 0 Å². The molecule has 0 aromatic heterocycles. The summed E-state index contributed by atoms with van der Waals surface area (Å²) >= 11 is 0. The van der Waals surface area contributed by atoms with Gasteiger partial charge in [-0.1, -0.05) is 60.7 Å². The second-order valence-corrected chi connectivity index (χ2v) is 10.1. The van der Waals surface area contributed by atoms with Gasteiger partial charge in [0.2, 0.25) is 0 Å². The van der Waals surface area contributed by atoms with E-state index in [1.807, 2.05) is 78.9 Å². The standard InChI is InChI=1S/C33H35NO6/c35-29-12-9-27-19-25(7-8-28(27)20-29)23-40-32-21-34(33(36)37)16-15-31(32)26-10-13-30(14-11-26)39-18-4-17-38-22-24-5-2-1-3-6-24/h1-3,5-14,19-20,31-32,35H,4,15-18,21-23H2,(H,36,37)/p-1. The summed E-state index contributed by atoms with van der Waals surface area (Å²) in [5.74, 6) is 1.07. The monoisotopic (exact) mass is 540 g/mol. The summed E-state index contributed by atoms with van der Waals surface area (Å²) in [4.78, 5) is 12.9. The summed E-state index contributed by atoms with van der Waals surface area (Å²) in [6, 6.07) is 29.3. The molecule has 0 saturated carbocycles. The highest BCUT2D eigenvalue weighted by atomic mass is 16.5. The molecule has 40 heavy (non-hydrogen) atoms. The zero-order chi connectivity index (χ0) is 27.7. The molecule has 1 aliphatic rings. The SMILES string of the molecule is O=C([O-])N1CCC(c2ccc(OCCCOCc3ccccc3)cc2)C(OCc2ccc3cc(O)ccc3c2)C1. The maximum Gasteiger partial charge on any atom is 0.137 e. The van der Waals surface area contributed by atoms with Crippen molar-refractivity contribution in [3.05, 3.63) is 108 Å². The number of phenolic OH excluding ortho intramolecular Hbond substituents is 1. The van der Waals surface area contributed by atoms with E-state index in [0.717, 1.165) is 39.6 Å². The van der Waals surface area contributed by atoms with E-state index in [1.54, 1.807) is 12.1 Å². The summed E-state index contributed by atoms with van der Waals surface area (Å²) in [7, 11) is 0. The minimum absolute atomic E-state index is 0.0495. The highest BCUT2D eigenvalue weighted by Crippen LogP contribution is 2.32. The number of rotatable bonds is 11. The predicted octanol–water partition coefficient (Wildman–Crippen LogP) is 5.25. The number of hydrogen-bond acceptors (Lipinski definition) is 6. The number of benzene rings is 4. The van der Waals surface area contributed by atoms with Gasteiger partial charge in [-0.25, -0.2) is 0 Å². The average molecular weight is 541 g/mol. The van der Waals surface area contributed by atoms with Gasteiger partial charge >= 0.3 is 0 Å². The molecule has 1 fully saturated rings. The molecule has 0 spiro atoms. The molecule has 0 radical (unpaired) electrons. The van der Waals surface area contributed by atoms with Gasteiger partial charge in [-0.3, -0.25) is 0 Å². The lowest BCUT2D eigenvalue weighted by molar-refractivity contribution is -0.268. The van der Waals surface area contributed by atoms with E-state index in [4.69, 9.17) is 14.2 Å². The van der Waals surface area contributed by atoms with E-state index < -0.39 is 6.09 Å². The fourth-order valence-electron chi connectivity index (χ4n) is 5.13. The molecule has 2 atom stereocenters. The van der Waals surface area contributed by atoms with Gasteiger partial charge in [0.1, 0.15) is 17.6 Å². The molecule has 4 aromatic rings. The van der Waals surface area contributed by atoms with Crippen molar-refractivity contribution >= 4 is 16.9 Å². The van der Waals surface area contributed by atoms with Crippen molar-refractivity contribution in [1.29, 1.82) is 0 Å². The molecule has 7 heteroatoms. The van der Waals surface area contributed by atoms with Gasteiger partial charge in [-0.15, -0.1) is 0 Å². The first kappa shape index (κ1) is 27.5. The van der Waals surface area contributed by atoms with Gasteiger partial charge in [0.05, 0.1) is 32.5 Å². The zero-order valence-corrected chi connectivity index (χ0v) is 22.4. The lowest BCUT2D eigenvalue weighted by atomic mass is 9.87. The van der Waals surface area contributed by atoms with Crippen molar-refractivity contribution in [2.45, 2.75) is 38.1 Å².